The third-order valence-corrected chi connectivity index (χ3v) is 17.3. The van der Waals surface area contributed by atoms with Gasteiger partial charge in [0.05, 0.1) is 10.2 Å². The molecule has 0 saturated heterocycles. The third-order valence-electron chi connectivity index (χ3n) is 4.57. The average molecular weight is 576 g/mol. The summed E-state index contributed by atoms with van der Waals surface area (Å²) in [4.78, 5) is 5.97. The van der Waals surface area contributed by atoms with E-state index < -0.39 is 8.80 Å². The lowest BCUT2D eigenvalue weighted by molar-refractivity contribution is 0.0714. The molecule has 0 atom stereocenters. The Balaban J connectivity index is 1.54. The van der Waals surface area contributed by atoms with Crippen LogP contribution in [0.3, 0.4) is 0 Å². The molecule has 4 nitrogen and oxygen atoms in total. The molecular formula is C22H29NO3S6Si. The molecule has 0 fully saturated rings. The van der Waals surface area contributed by atoms with Crippen molar-refractivity contribution in [3.8, 4) is 0 Å². The molecule has 11 heteroatoms. The van der Waals surface area contributed by atoms with E-state index in [0.29, 0.717) is 19.8 Å². The fourth-order valence-corrected chi connectivity index (χ4v) is 15.8. The SMILES string of the molecule is CCO[Si](CCc1cc(C)ccc1SSSSSc1nc2ccccc2s1)(OCC)OCC. The van der Waals surface area contributed by atoms with Crippen LogP contribution in [0.5, 0.6) is 0 Å². The number of nitrogens with zero attached hydrogens (tertiary/aromatic N) is 1. The Morgan fingerprint density at radius 3 is 2.27 bits per heavy atom. The molecule has 0 N–H and O–H groups in total. The molecule has 0 unspecified atom stereocenters. The minimum Gasteiger partial charge on any atom is -0.374 e. The zero-order valence-electron chi connectivity index (χ0n) is 19.2. The molecule has 0 aliphatic rings. The van der Waals surface area contributed by atoms with E-state index in [1.807, 2.05) is 37.6 Å². The lowest BCUT2D eigenvalue weighted by atomic mass is 10.1. The number of rotatable bonds is 15. The summed E-state index contributed by atoms with van der Waals surface area (Å²) in [6.07, 6.45) is 0.884. The van der Waals surface area contributed by atoms with Crippen molar-refractivity contribution in [1.82, 2.24) is 4.98 Å². The van der Waals surface area contributed by atoms with E-state index >= 15 is 0 Å². The number of aryl methyl sites for hydroxylation is 2. The smallest absolute Gasteiger partial charge is 0.374 e. The molecule has 3 aromatic rings. The monoisotopic (exact) mass is 575 g/mol. The molecule has 0 bridgehead atoms. The third kappa shape index (κ3) is 8.66. The first kappa shape index (κ1) is 27.8. The summed E-state index contributed by atoms with van der Waals surface area (Å²) in [7, 11) is 6.20. The van der Waals surface area contributed by atoms with Crippen LogP contribution >= 0.6 is 62.4 Å². The highest BCUT2D eigenvalue weighted by atomic mass is 33.8. The van der Waals surface area contributed by atoms with E-state index in [0.717, 1.165) is 22.3 Å². The first-order valence-corrected chi connectivity index (χ1v) is 19.7. The van der Waals surface area contributed by atoms with Gasteiger partial charge >= 0.3 is 8.80 Å². The van der Waals surface area contributed by atoms with Crippen molar-refractivity contribution in [2.45, 2.75) is 49.4 Å². The van der Waals surface area contributed by atoms with Crippen molar-refractivity contribution in [3.63, 3.8) is 0 Å². The van der Waals surface area contributed by atoms with E-state index in [1.54, 1.807) is 51.6 Å². The minimum atomic E-state index is -2.65. The van der Waals surface area contributed by atoms with Gasteiger partial charge in [-0.2, -0.15) is 0 Å². The van der Waals surface area contributed by atoms with Crippen molar-refractivity contribution in [2.24, 2.45) is 0 Å². The van der Waals surface area contributed by atoms with Gasteiger partial charge in [-0.25, -0.2) is 4.98 Å². The van der Waals surface area contributed by atoms with Gasteiger partial charge in [0, 0.05) is 30.8 Å². The van der Waals surface area contributed by atoms with E-state index in [2.05, 4.69) is 48.3 Å². The van der Waals surface area contributed by atoms with E-state index in [1.165, 1.54) is 20.7 Å². The number of hydrogen-bond donors (Lipinski definition) is 0. The normalized spacial score (nSPS) is 12.0. The summed E-state index contributed by atoms with van der Waals surface area (Å²) in [5.74, 6) is 0. The van der Waals surface area contributed by atoms with E-state index in [-0.39, 0.29) is 0 Å². The second-order valence-electron chi connectivity index (χ2n) is 6.91. The summed E-state index contributed by atoms with van der Waals surface area (Å²) < 4.78 is 20.5. The van der Waals surface area contributed by atoms with Gasteiger partial charge in [0.15, 0.2) is 4.34 Å². The van der Waals surface area contributed by atoms with Crippen molar-refractivity contribution >= 4 is 81.4 Å². The topological polar surface area (TPSA) is 40.6 Å². The van der Waals surface area contributed by atoms with E-state index in [4.69, 9.17) is 13.3 Å². The van der Waals surface area contributed by atoms with Gasteiger partial charge in [0.25, 0.3) is 0 Å². The van der Waals surface area contributed by atoms with Gasteiger partial charge in [-0.3, -0.25) is 0 Å². The molecule has 0 amide bonds. The maximum atomic E-state index is 6.05. The van der Waals surface area contributed by atoms with Crippen LogP contribution in [-0.4, -0.2) is 33.6 Å². The maximum absolute atomic E-state index is 6.05. The quantitative estimate of drug-likeness (QED) is 0.100. The number of hydrogen-bond acceptors (Lipinski definition) is 10. The Morgan fingerprint density at radius 2 is 1.58 bits per heavy atom. The zero-order chi connectivity index (χ0) is 23.5. The molecule has 3 rings (SSSR count). The summed E-state index contributed by atoms with van der Waals surface area (Å²) in [6.45, 7) is 9.98. The molecular weight excluding hydrogens is 547 g/mol. The average Bonchev–Trinajstić information content (AvgIpc) is 3.22. The molecule has 1 heterocycles. The maximum Gasteiger partial charge on any atom is 0.501 e. The van der Waals surface area contributed by atoms with Crippen LogP contribution < -0.4 is 0 Å². The standard InChI is InChI=1S/C22H29NO3S6Si/c1-5-24-33(25-6-2,26-7-3)15-14-18-16-17(4)12-13-20(18)28-30-32-31-29-22-23-19-10-8-9-11-21(19)27-22/h8-13,16H,5-7,14-15H2,1-4H3. The highest BCUT2D eigenvalue weighted by Gasteiger charge is 2.40. The number of benzene rings is 2. The van der Waals surface area contributed by atoms with Gasteiger partial charge in [-0.05, 0) is 109 Å². The molecule has 0 aliphatic carbocycles. The molecule has 1 aromatic heterocycles. The fourth-order valence-electron chi connectivity index (χ4n) is 3.27. The first-order chi connectivity index (χ1) is 16.1. The highest BCUT2D eigenvalue weighted by Crippen LogP contribution is 2.54. The second-order valence-corrected chi connectivity index (χ2v) is 18.4. The molecule has 0 spiro atoms. The predicted octanol–water partition coefficient (Wildman–Crippen LogP) is 8.94. The van der Waals surface area contributed by atoms with Crippen molar-refractivity contribution in [2.75, 3.05) is 19.8 Å². The van der Waals surface area contributed by atoms with Crippen LogP contribution in [-0.2, 0) is 19.7 Å². The van der Waals surface area contributed by atoms with Crippen LogP contribution in [0.15, 0.2) is 51.7 Å². The summed E-state index contributed by atoms with van der Waals surface area (Å²) in [5.41, 5.74) is 3.67. The lowest BCUT2D eigenvalue weighted by Gasteiger charge is -2.28. The van der Waals surface area contributed by atoms with Crippen LogP contribution in [0.1, 0.15) is 31.9 Å². The predicted molar refractivity (Wildman–Crippen MR) is 154 cm³/mol. The van der Waals surface area contributed by atoms with Gasteiger partial charge in [-0.15, -0.1) is 11.3 Å². The molecule has 0 radical (unpaired) electrons. The largest absolute Gasteiger partial charge is 0.501 e. The van der Waals surface area contributed by atoms with Crippen LogP contribution in [0.4, 0.5) is 0 Å². The van der Waals surface area contributed by atoms with Crippen LogP contribution in [0.2, 0.25) is 6.04 Å². The highest BCUT2D eigenvalue weighted by molar-refractivity contribution is 9.35. The molecule has 2 aromatic carbocycles. The summed E-state index contributed by atoms with van der Waals surface area (Å²) >= 11 is 1.75. The van der Waals surface area contributed by atoms with Gasteiger partial charge in [0.2, 0.25) is 0 Å². The molecule has 33 heavy (non-hydrogen) atoms. The van der Waals surface area contributed by atoms with Gasteiger partial charge < -0.3 is 13.3 Å². The summed E-state index contributed by atoms with van der Waals surface area (Å²) in [6, 6.07) is 15.8. The van der Waals surface area contributed by atoms with Crippen molar-refractivity contribution < 1.29 is 13.3 Å². The second kappa shape index (κ2) is 14.7. The van der Waals surface area contributed by atoms with Crippen molar-refractivity contribution in [3.05, 3.63) is 53.6 Å². The molecule has 0 saturated carbocycles. The number of aromatic nitrogens is 1. The Hall–Kier alpha value is 0.177. The lowest BCUT2D eigenvalue weighted by Crippen LogP contribution is -2.46. The Bertz CT molecular complexity index is 955. The van der Waals surface area contributed by atoms with Gasteiger partial charge in [-0.1, -0.05) is 29.8 Å². The van der Waals surface area contributed by atoms with Crippen molar-refractivity contribution in [1.29, 1.82) is 0 Å². The Morgan fingerprint density at radius 1 is 0.879 bits per heavy atom. The molecule has 180 valence electrons. The van der Waals surface area contributed by atoms with Gasteiger partial charge in [0.1, 0.15) is 0 Å². The Kier molecular flexibility index (Phi) is 12.3. The van der Waals surface area contributed by atoms with E-state index in [9.17, 15) is 0 Å². The number of para-hydroxylation sites is 1. The van der Waals surface area contributed by atoms with Crippen LogP contribution in [0, 0.1) is 6.92 Å². The molecule has 0 aliphatic heterocycles. The first-order valence-electron chi connectivity index (χ1n) is 10.8. The van der Waals surface area contributed by atoms with Crippen LogP contribution in [0.25, 0.3) is 10.2 Å². The number of fused-ring (bicyclic) bond motifs is 1. The minimum absolute atomic E-state index is 0.609. The fraction of sp³-hybridized carbons (Fsp3) is 0.409. The zero-order valence-corrected chi connectivity index (χ0v) is 25.1. The summed E-state index contributed by atoms with van der Waals surface area (Å²) in [5, 5.41) is 0. The Labute approximate surface area is 221 Å². The number of thiazole rings is 1.